The molecule has 29 heavy (non-hydrogen) atoms. The Hall–Kier alpha value is -3.41. The number of hydrogen-bond acceptors (Lipinski definition) is 4. The van der Waals surface area contributed by atoms with Gasteiger partial charge in [-0.1, -0.05) is 48.5 Å². The van der Waals surface area contributed by atoms with E-state index in [2.05, 4.69) is 0 Å². The lowest BCUT2D eigenvalue weighted by Gasteiger charge is -2.17. The average Bonchev–Trinajstić information content (AvgIpc) is 2.72. The minimum absolute atomic E-state index is 0.0854. The molecule has 3 aromatic carbocycles. The van der Waals surface area contributed by atoms with E-state index in [9.17, 15) is 14.0 Å². The fourth-order valence-corrected chi connectivity index (χ4v) is 3.08. The third kappa shape index (κ3) is 5.10. The molecule has 0 aliphatic carbocycles. The summed E-state index contributed by atoms with van der Waals surface area (Å²) in [4.78, 5) is 25.8. The van der Waals surface area contributed by atoms with Crippen molar-refractivity contribution in [2.75, 3.05) is 20.8 Å². The molecule has 0 saturated carbocycles. The third-order valence-electron chi connectivity index (χ3n) is 4.63. The number of fused-ring (bicyclic) bond motifs is 1. The Balaban J connectivity index is 1.54. The zero-order valence-electron chi connectivity index (χ0n) is 16.4. The number of methoxy groups -OCH3 is 1. The number of nitrogens with zero attached hydrogens (tertiary/aromatic N) is 1. The van der Waals surface area contributed by atoms with Gasteiger partial charge in [-0.3, -0.25) is 9.59 Å². The maximum Gasteiger partial charge on any atom is 0.310 e. The van der Waals surface area contributed by atoms with Crippen molar-refractivity contribution in [3.63, 3.8) is 0 Å². The Morgan fingerprint density at radius 1 is 1.03 bits per heavy atom. The van der Waals surface area contributed by atoms with Crippen LogP contribution in [0.1, 0.15) is 11.1 Å². The van der Waals surface area contributed by atoms with E-state index in [1.54, 1.807) is 13.1 Å². The number of carbonyl (C=O) groups is 2. The monoisotopic (exact) mass is 395 g/mol. The number of esters is 1. The standard InChI is InChI=1S/C23H22FNO4/c1-25(14-16-10-11-21(28-2)20(24)12-16)22(26)15-29-23(27)13-18-8-5-7-17-6-3-4-9-19(17)18/h3-12H,13-15H2,1-2H3. The normalized spacial score (nSPS) is 10.6. The molecule has 150 valence electrons. The first kappa shape index (κ1) is 20.3. The van der Waals surface area contributed by atoms with Crippen LogP contribution in [0.4, 0.5) is 4.39 Å². The van der Waals surface area contributed by atoms with E-state index < -0.39 is 11.8 Å². The topological polar surface area (TPSA) is 55.8 Å². The highest BCUT2D eigenvalue weighted by atomic mass is 19.1. The lowest BCUT2D eigenvalue weighted by atomic mass is 10.0. The molecule has 5 nitrogen and oxygen atoms in total. The van der Waals surface area contributed by atoms with Gasteiger partial charge >= 0.3 is 5.97 Å². The van der Waals surface area contributed by atoms with Gasteiger partial charge in [0.15, 0.2) is 18.2 Å². The molecule has 0 radical (unpaired) electrons. The minimum atomic E-state index is -0.493. The molecule has 3 aromatic rings. The lowest BCUT2D eigenvalue weighted by Crippen LogP contribution is -2.31. The van der Waals surface area contributed by atoms with Gasteiger partial charge < -0.3 is 14.4 Å². The summed E-state index contributed by atoms with van der Waals surface area (Å²) >= 11 is 0. The van der Waals surface area contributed by atoms with E-state index in [4.69, 9.17) is 9.47 Å². The molecule has 0 heterocycles. The molecule has 0 fully saturated rings. The predicted molar refractivity (Wildman–Crippen MR) is 108 cm³/mol. The van der Waals surface area contributed by atoms with E-state index in [1.165, 1.54) is 24.1 Å². The third-order valence-corrected chi connectivity index (χ3v) is 4.63. The van der Waals surface area contributed by atoms with Crippen molar-refractivity contribution >= 4 is 22.6 Å². The smallest absolute Gasteiger partial charge is 0.310 e. The van der Waals surface area contributed by atoms with Crippen LogP contribution >= 0.6 is 0 Å². The van der Waals surface area contributed by atoms with E-state index in [-0.39, 0.29) is 31.2 Å². The first-order chi connectivity index (χ1) is 14.0. The predicted octanol–water partition coefficient (Wildman–Crippen LogP) is 3.73. The van der Waals surface area contributed by atoms with Crippen molar-refractivity contribution in [1.82, 2.24) is 4.90 Å². The summed E-state index contributed by atoms with van der Waals surface area (Å²) in [5.74, 6) is -1.19. The number of carbonyl (C=O) groups excluding carboxylic acids is 2. The number of amides is 1. The van der Waals surface area contributed by atoms with Crippen molar-refractivity contribution in [3.05, 3.63) is 77.6 Å². The highest BCUT2D eigenvalue weighted by Gasteiger charge is 2.15. The van der Waals surface area contributed by atoms with Gasteiger partial charge in [0.1, 0.15) is 0 Å². The maximum atomic E-state index is 13.8. The van der Waals surface area contributed by atoms with Crippen LogP contribution in [0, 0.1) is 5.82 Å². The van der Waals surface area contributed by atoms with Gasteiger partial charge in [-0.15, -0.1) is 0 Å². The largest absolute Gasteiger partial charge is 0.494 e. The van der Waals surface area contributed by atoms with Crippen LogP contribution in [-0.2, 0) is 27.3 Å². The summed E-state index contributed by atoms with van der Waals surface area (Å²) in [7, 11) is 2.96. The van der Waals surface area contributed by atoms with Crippen molar-refractivity contribution in [2.24, 2.45) is 0 Å². The summed E-state index contributed by atoms with van der Waals surface area (Å²) in [5, 5.41) is 2.03. The quantitative estimate of drug-likeness (QED) is 0.572. The SMILES string of the molecule is COc1ccc(CN(C)C(=O)COC(=O)Cc2cccc3ccccc23)cc1F. The van der Waals surface area contributed by atoms with E-state index in [0.29, 0.717) is 5.56 Å². The summed E-state index contributed by atoms with van der Waals surface area (Å²) in [6, 6.07) is 18.0. The molecular weight excluding hydrogens is 373 g/mol. The highest BCUT2D eigenvalue weighted by molar-refractivity contribution is 5.89. The van der Waals surface area contributed by atoms with Crippen LogP contribution in [0.15, 0.2) is 60.7 Å². The summed E-state index contributed by atoms with van der Waals surface area (Å²) < 4.78 is 23.8. The van der Waals surface area contributed by atoms with Gasteiger partial charge in [-0.25, -0.2) is 4.39 Å². The second kappa shape index (κ2) is 9.19. The van der Waals surface area contributed by atoms with Crippen molar-refractivity contribution in [1.29, 1.82) is 0 Å². The number of rotatable bonds is 7. The first-order valence-corrected chi connectivity index (χ1v) is 9.16. The summed E-state index contributed by atoms with van der Waals surface area (Å²) in [5.41, 5.74) is 1.46. The molecule has 1 amide bonds. The number of hydrogen-bond donors (Lipinski definition) is 0. The van der Waals surface area contributed by atoms with Crippen molar-refractivity contribution < 1.29 is 23.5 Å². The van der Waals surface area contributed by atoms with Gasteiger partial charge in [0.05, 0.1) is 13.5 Å². The first-order valence-electron chi connectivity index (χ1n) is 9.16. The van der Waals surface area contributed by atoms with Crippen LogP contribution < -0.4 is 4.74 Å². The number of halogens is 1. The van der Waals surface area contributed by atoms with Gasteiger partial charge in [0.25, 0.3) is 5.91 Å². The minimum Gasteiger partial charge on any atom is -0.494 e. The van der Waals surface area contributed by atoms with E-state index in [0.717, 1.165) is 16.3 Å². The number of ether oxygens (including phenoxy) is 2. The Labute approximate surface area is 168 Å². The molecule has 0 spiro atoms. The molecule has 0 unspecified atom stereocenters. The summed E-state index contributed by atoms with van der Waals surface area (Å²) in [6.45, 7) is -0.167. The molecule has 0 bridgehead atoms. The molecule has 3 rings (SSSR count). The van der Waals surface area contributed by atoms with Crippen LogP contribution in [0.2, 0.25) is 0 Å². The Kier molecular flexibility index (Phi) is 6.44. The fraction of sp³-hybridized carbons (Fsp3) is 0.217. The molecular formula is C23H22FNO4. The molecule has 0 aliphatic heterocycles. The molecule has 0 aromatic heterocycles. The van der Waals surface area contributed by atoms with Crippen molar-refractivity contribution in [3.8, 4) is 5.75 Å². The molecule has 0 aliphatic rings. The van der Waals surface area contributed by atoms with Gasteiger partial charge in [0.2, 0.25) is 0 Å². The fourth-order valence-electron chi connectivity index (χ4n) is 3.08. The number of likely N-dealkylation sites (N-methyl/N-ethyl adjacent to an activating group) is 1. The molecule has 0 N–H and O–H groups in total. The van der Waals surface area contributed by atoms with Gasteiger partial charge in [-0.2, -0.15) is 0 Å². The highest BCUT2D eigenvalue weighted by Crippen LogP contribution is 2.20. The van der Waals surface area contributed by atoms with E-state index >= 15 is 0 Å². The number of benzene rings is 3. The Morgan fingerprint density at radius 2 is 1.79 bits per heavy atom. The van der Waals surface area contributed by atoms with Crippen molar-refractivity contribution in [2.45, 2.75) is 13.0 Å². The lowest BCUT2D eigenvalue weighted by molar-refractivity contribution is -0.151. The molecule has 0 atom stereocenters. The summed E-state index contributed by atoms with van der Waals surface area (Å²) in [6.07, 6.45) is 0.0854. The Morgan fingerprint density at radius 3 is 2.55 bits per heavy atom. The molecule has 0 saturated heterocycles. The van der Waals surface area contributed by atoms with Crippen LogP contribution in [-0.4, -0.2) is 37.5 Å². The second-order valence-electron chi connectivity index (χ2n) is 6.69. The van der Waals surface area contributed by atoms with Gasteiger partial charge in [0, 0.05) is 13.6 Å². The zero-order chi connectivity index (χ0) is 20.8. The average molecular weight is 395 g/mol. The van der Waals surface area contributed by atoms with Crippen LogP contribution in [0.3, 0.4) is 0 Å². The zero-order valence-corrected chi connectivity index (χ0v) is 16.4. The van der Waals surface area contributed by atoms with Gasteiger partial charge in [-0.05, 0) is 34.0 Å². The maximum absolute atomic E-state index is 13.8. The van der Waals surface area contributed by atoms with Crippen LogP contribution in [0.5, 0.6) is 5.75 Å². The second-order valence-corrected chi connectivity index (χ2v) is 6.69. The van der Waals surface area contributed by atoms with Crippen LogP contribution in [0.25, 0.3) is 10.8 Å². The molecule has 6 heteroatoms. The Bertz CT molecular complexity index is 1030. The van der Waals surface area contributed by atoms with E-state index in [1.807, 2.05) is 42.5 Å².